The minimum atomic E-state index is -3.64. The van der Waals surface area contributed by atoms with E-state index in [4.69, 9.17) is 0 Å². The van der Waals surface area contributed by atoms with Crippen LogP contribution in [0.25, 0.3) is 0 Å². The molecule has 0 fully saturated rings. The van der Waals surface area contributed by atoms with Crippen LogP contribution in [0.15, 0.2) is 120 Å². The maximum absolute atomic E-state index is 13.0. The molecule has 0 unspecified atom stereocenters. The van der Waals surface area contributed by atoms with Gasteiger partial charge in [0.1, 0.15) is 0 Å². The van der Waals surface area contributed by atoms with Gasteiger partial charge >= 0.3 is 0 Å². The zero-order valence-corrected chi connectivity index (χ0v) is 19.4. The smallest absolute Gasteiger partial charge is 0.240 e. The molecule has 0 aliphatic carbocycles. The topological polar surface area (TPSA) is 58.2 Å². The molecule has 4 aromatic carbocycles. The Hall–Kier alpha value is -3.25. The lowest BCUT2D eigenvalue weighted by atomic mass is 9.96. The van der Waals surface area contributed by atoms with Crippen LogP contribution in [0.5, 0.6) is 0 Å². The van der Waals surface area contributed by atoms with Gasteiger partial charge in [-0.15, -0.1) is 0 Å². The maximum atomic E-state index is 13.0. The number of sulfonamides is 1. The highest BCUT2D eigenvalue weighted by atomic mass is 32.2. The van der Waals surface area contributed by atoms with E-state index in [-0.39, 0.29) is 23.5 Å². The summed E-state index contributed by atoms with van der Waals surface area (Å²) in [5, 5.41) is 3.71. The van der Waals surface area contributed by atoms with E-state index in [2.05, 4.69) is 34.3 Å². The predicted octanol–water partition coefficient (Wildman–Crippen LogP) is 5.39. The van der Waals surface area contributed by atoms with Gasteiger partial charge in [0.2, 0.25) is 10.0 Å². The Labute approximate surface area is 196 Å². The molecule has 33 heavy (non-hydrogen) atoms. The summed E-state index contributed by atoms with van der Waals surface area (Å²) in [5.41, 5.74) is 4.27. The fourth-order valence-electron chi connectivity index (χ4n) is 3.83. The SMILES string of the molecule is Cc1ccc(S(=O)(=O)NC[C@H](NC(c2ccccc2)c2ccccc2)c2ccccc2)cc1. The Balaban J connectivity index is 1.63. The summed E-state index contributed by atoms with van der Waals surface area (Å²) in [6.07, 6.45) is 0. The van der Waals surface area contributed by atoms with Crippen LogP contribution in [0.4, 0.5) is 0 Å². The van der Waals surface area contributed by atoms with Gasteiger partial charge in [-0.05, 0) is 35.7 Å². The molecule has 4 rings (SSSR count). The number of hydrogen-bond acceptors (Lipinski definition) is 3. The van der Waals surface area contributed by atoms with Crippen molar-refractivity contribution < 1.29 is 8.42 Å². The van der Waals surface area contributed by atoms with E-state index < -0.39 is 10.0 Å². The molecule has 0 aromatic heterocycles. The van der Waals surface area contributed by atoms with Gasteiger partial charge in [-0.1, -0.05) is 109 Å². The second-order valence-corrected chi connectivity index (χ2v) is 9.82. The minimum absolute atomic E-state index is 0.0958. The van der Waals surface area contributed by atoms with Gasteiger partial charge in [-0.2, -0.15) is 0 Å². The van der Waals surface area contributed by atoms with Crippen LogP contribution in [0, 0.1) is 6.92 Å². The van der Waals surface area contributed by atoms with Crippen LogP contribution in [-0.2, 0) is 10.0 Å². The molecule has 0 radical (unpaired) electrons. The first-order valence-corrected chi connectivity index (χ1v) is 12.5. The van der Waals surface area contributed by atoms with E-state index >= 15 is 0 Å². The summed E-state index contributed by atoms with van der Waals surface area (Å²) in [4.78, 5) is 0.266. The minimum Gasteiger partial charge on any atom is -0.298 e. The Kier molecular flexibility index (Phi) is 7.35. The molecule has 0 amide bonds. The van der Waals surface area contributed by atoms with Crippen molar-refractivity contribution in [2.45, 2.75) is 23.9 Å². The van der Waals surface area contributed by atoms with Crippen LogP contribution in [0.2, 0.25) is 0 Å². The van der Waals surface area contributed by atoms with E-state index in [9.17, 15) is 8.42 Å². The quantitative estimate of drug-likeness (QED) is 0.355. The number of nitrogens with one attached hydrogen (secondary N) is 2. The van der Waals surface area contributed by atoms with Crippen molar-refractivity contribution in [3.63, 3.8) is 0 Å². The van der Waals surface area contributed by atoms with Crippen molar-refractivity contribution in [1.82, 2.24) is 10.0 Å². The van der Waals surface area contributed by atoms with Crippen LogP contribution in [-0.4, -0.2) is 15.0 Å². The van der Waals surface area contributed by atoms with Crippen LogP contribution >= 0.6 is 0 Å². The van der Waals surface area contributed by atoms with Gasteiger partial charge in [0.15, 0.2) is 0 Å². The zero-order chi connectivity index (χ0) is 23.1. The van der Waals surface area contributed by atoms with Crippen molar-refractivity contribution in [3.8, 4) is 0 Å². The van der Waals surface area contributed by atoms with Crippen molar-refractivity contribution in [2.24, 2.45) is 0 Å². The third-order valence-electron chi connectivity index (χ3n) is 5.64. The second kappa shape index (κ2) is 10.6. The number of aryl methyl sites for hydroxylation is 1. The van der Waals surface area contributed by atoms with Crippen molar-refractivity contribution in [2.75, 3.05) is 6.54 Å². The van der Waals surface area contributed by atoms with Gasteiger partial charge in [0, 0.05) is 12.6 Å². The molecule has 2 N–H and O–H groups in total. The molecule has 0 saturated heterocycles. The molecule has 5 heteroatoms. The molecule has 4 nitrogen and oxygen atoms in total. The summed E-state index contributed by atoms with van der Waals surface area (Å²) < 4.78 is 28.7. The maximum Gasteiger partial charge on any atom is 0.240 e. The molecule has 0 aliphatic rings. The lowest BCUT2D eigenvalue weighted by Gasteiger charge is -2.27. The van der Waals surface area contributed by atoms with E-state index in [1.807, 2.05) is 85.8 Å². The third-order valence-corrected chi connectivity index (χ3v) is 7.08. The average molecular weight is 457 g/mol. The van der Waals surface area contributed by atoms with E-state index in [1.54, 1.807) is 12.1 Å². The largest absolute Gasteiger partial charge is 0.298 e. The van der Waals surface area contributed by atoms with Gasteiger partial charge in [-0.25, -0.2) is 13.1 Å². The first-order valence-electron chi connectivity index (χ1n) is 11.0. The molecule has 0 spiro atoms. The van der Waals surface area contributed by atoms with Gasteiger partial charge in [-0.3, -0.25) is 5.32 Å². The highest BCUT2D eigenvalue weighted by molar-refractivity contribution is 7.89. The molecule has 0 aliphatic heterocycles. The standard InChI is InChI=1S/C28H28N2O2S/c1-22-17-19-26(20-18-22)33(31,32)29-21-27(23-11-5-2-6-12-23)30-28(24-13-7-3-8-14-24)25-15-9-4-10-16-25/h2-20,27-30H,21H2,1H3/t27-/m0/s1. The molecule has 0 saturated carbocycles. The molecular weight excluding hydrogens is 428 g/mol. The zero-order valence-electron chi connectivity index (χ0n) is 18.6. The summed E-state index contributed by atoms with van der Waals surface area (Å²) in [5.74, 6) is 0. The van der Waals surface area contributed by atoms with Crippen molar-refractivity contribution in [1.29, 1.82) is 0 Å². The highest BCUT2D eigenvalue weighted by Crippen LogP contribution is 2.26. The van der Waals surface area contributed by atoms with Crippen molar-refractivity contribution in [3.05, 3.63) is 138 Å². The molecule has 168 valence electrons. The summed E-state index contributed by atoms with van der Waals surface area (Å²) in [7, 11) is -3.64. The summed E-state index contributed by atoms with van der Waals surface area (Å²) in [6.45, 7) is 2.16. The fourth-order valence-corrected chi connectivity index (χ4v) is 4.88. The first kappa shape index (κ1) is 22.9. The monoisotopic (exact) mass is 456 g/mol. The fraction of sp³-hybridized carbons (Fsp3) is 0.143. The lowest BCUT2D eigenvalue weighted by molar-refractivity contribution is 0.475. The van der Waals surface area contributed by atoms with Crippen LogP contribution < -0.4 is 10.0 Å². The second-order valence-electron chi connectivity index (χ2n) is 8.05. The molecular formula is C28H28N2O2S. The van der Waals surface area contributed by atoms with E-state index in [0.717, 1.165) is 22.3 Å². The Bertz CT molecular complexity index is 1200. The Morgan fingerprint density at radius 1 is 0.636 bits per heavy atom. The number of rotatable bonds is 9. The van der Waals surface area contributed by atoms with E-state index in [0.29, 0.717) is 0 Å². The summed E-state index contributed by atoms with van der Waals surface area (Å²) in [6, 6.07) is 36.9. The number of hydrogen-bond donors (Lipinski definition) is 2. The molecule has 1 atom stereocenters. The van der Waals surface area contributed by atoms with Gasteiger partial charge in [0.25, 0.3) is 0 Å². The summed E-state index contributed by atoms with van der Waals surface area (Å²) >= 11 is 0. The van der Waals surface area contributed by atoms with Gasteiger partial charge in [0.05, 0.1) is 10.9 Å². The van der Waals surface area contributed by atoms with E-state index in [1.165, 1.54) is 0 Å². The van der Waals surface area contributed by atoms with Gasteiger partial charge < -0.3 is 0 Å². The lowest BCUT2D eigenvalue weighted by Crippen LogP contribution is -2.37. The first-order chi connectivity index (χ1) is 16.0. The highest BCUT2D eigenvalue weighted by Gasteiger charge is 2.22. The molecule has 0 heterocycles. The van der Waals surface area contributed by atoms with Crippen molar-refractivity contribution >= 4 is 10.0 Å². The third kappa shape index (κ3) is 5.96. The predicted molar refractivity (Wildman–Crippen MR) is 133 cm³/mol. The molecule has 0 bridgehead atoms. The number of benzene rings is 4. The van der Waals surface area contributed by atoms with Crippen LogP contribution in [0.3, 0.4) is 0 Å². The Morgan fingerprint density at radius 3 is 1.58 bits per heavy atom. The Morgan fingerprint density at radius 2 is 1.09 bits per heavy atom. The average Bonchev–Trinajstić information content (AvgIpc) is 2.86. The molecule has 4 aromatic rings. The normalized spacial score (nSPS) is 12.5. The van der Waals surface area contributed by atoms with Crippen LogP contribution in [0.1, 0.15) is 34.3 Å².